The van der Waals surface area contributed by atoms with Crippen LogP contribution in [0.4, 0.5) is 10.2 Å². The lowest BCUT2D eigenvalue weighted by Crippen LogP contribution is -2.30. The maximum absolute atomic E-state index is 14.7. The number of rotatable bonds is 5. The summed E-state index contributed by atoms with van der Waals surface area (Å²) >= 11 is 6.24. The third-order valence-electron chi connectivity index (χ3n) is 6.16. The number of pyridine rings is 1. The van der Waals surface area contributed by atoms with Gasteiger partial charge in [-0.25, -0.2) is 9.37 Å². The van der Waals surface area contributed by atoms with Crippen molar-refractivity contribution in [1.82, 2.24) is 19.7 Å². The molecule has 35 heavy (non-hydrogen) atoms. The Morgan fingerprint density at radius 2 is 1.89 bits per heavy atom. The highest BCUT2D eigenvalue weighted by Crippen LogP contribution is 2.33. The van der Waals surface area contributed by atoms with Crippen molar-refractivity contribution in [2.75, 3.05) is 18.4 Å². The number of hydrogen-bond acceptors (Lipinski definition) is 4. The fraction of sp³-hybridized carbons (Fsp3) is 0.308. The van der Waals surface area contributed by atoms with E-state index in [0.717, 1.165) is 24.8 Å². The van der Waals surface area contributed by atoms with Crippen molar-refractivity contribution < 1.29 is 14.0 Å². The molecular weight excluding hydrogens is 469 g/mol. The van der Waals surface area contributed by atoms with Crippen molar-refractivity contribution in [1.29, 1.82) is 0 Å². The Balaban J connectivity index is 1.25. The van der Waals surface area contributed by atoms with Crippen LogP contribution in [0.2, 0.25) is 5.02 Å². The summed E-state index contributed by atoms with van der Waals surface area (Å²) in [4.78, 5) is 31.2. The molecule has 2 fully saturated rings. The number of nitrogens with zero attached hydrogens (tertiary/aromatic N) is 4. The maximum Gasteiger partial charge on any atom is 0.276 e. The molecule has 2 aliphatic rings. The van der Waals surface area contributed by atoms with E-state index in [1.165, 1.54) is 23.1 Å². The molecule has 178 valence electrons. The van der Waals surface area contributed by atoms with Gasteiger partial charge in [0, 0.05) is 42.9 Å². The average Bonchev–Trinajstić information content (AvgIpc) is 3.50. The molecule has 2 aromatic heterocycles. The third kappa shape index (κ3) is 5.36. The zero-order valence-corrected chi connectivity index (χ0v) is 19.6. The zero-order chi connectivity index (χ0) is 24.4. The van der Waals surface area contributed by atoms with Crippen LogP contribution in [0.5, 0.6) is 0 Å². The molecule has 3 aromatic rings. The Morgan fingerprint density at radius 1 is 1.11 bits per heavy atom. The van der Waals surface area contributed by atoms with Gasteiger partial charge in [-0.1, -0.05) is 41.6 Å². The number of anilines is 1. The summed E-state index contributed by atoms with van der Waals surface area (Å²) in [6.45, 7) is 1.79. The second-order valence-electron chi connectivity index (χ2n) is 8.86. The Kier molecular flexibility index (Phi) is 6.51. The number of hydrogen-bond donors (Lipinski definition) is 1. The average molecular weight is 492 g/mol. The molecule has 2 amide bonds. The van der Waals surface area contributed by atoms with Gasteiger partial charge in [-0.3, -0.25) is 14.3 Å². The fourth-order valence-electron chi connectivity index (χ4n) is 4.17. The summed E-state index contributed by atoms with van der Waals surface area (Å²) in [5, 5.41) is 6.89. The summed E-state index contributed by atoms with van der Waals surface area (Å²) in [6.07, 6.45) is 5.58. The molecule has 1 atom stereocenters. The van der Waals surface area contributed by atoms with E-state index in [-0.39, 0.29) is 34.3 Å². The molecule has 9 heteroatoms. The van der Waals surface area contributed by atoms with Crippen molar-refractivity contribution in [3.63, 3.8) is 0 Å². The van der Waals surface area contributed by atoms with Crippen molar-refractivity contribution in [3.05, 3.63) is 76.5 Å². The predicted molar refractivity (Wildman–Crippen MR) is 129 cm³/mol. The molecule has 3 heterocycles. The van der Waals surface area contributed by atoms with Gasteiger partial charge in [0.2, 0.25) is 5.91 Å². The van der Waals surface area contributed by atoms with Gasteiger partial charge in [-0.05, 0) is 43.4 Å². The predicted octanol–water partition coefficient (Wildman–Crippen LogP) is 3.98. The highest BCUT2D eigenvalue weighted by molar-refractivity contribution is 6.34. The Bertz CT molecular complexity index is 1330. The van der Waals surface area contributed by atoms with Gasteiger partial charge in [0.25, 0.3) is 5.91 Å². The molecule has 1 saturated carbocycles. The molecule has 0 bridgehead atoms. The van der Waals surface area contributed by atoms with Crippen molar-refractivity contribution >= 4 is 29.2 Å². The van der Waals surface area contributed by atoms with E-state index < -0.39 is 11.7 Å². The van der Waals surface area contributed by atoms with Crippen molar-refractivity contribution in [2.45, 2.75) is 25.8 Å². The standard InChI is InChI=1S/C26H23ClFN5O2/c27-21-14-30-33(16-19-10-11-32(15-19)26(35)20-8-9-20)23(21)25(34)31-24-22(28)12-18(13-29-24)7-6-17-4-2-1-3-5-17/h1-5,12-14,19-20H,8-11,15-16H2,(H,29,31,34). The lowest BCUT2D eigenvalue weighted by Gasteiger charge is -2.17. The first kappa shape index (κ1) is 23.1. The van der Waals surface area contributed by atoms with Gasteiger partial charge in [-0.2, -0.15) is 5.10 Å². The molecule has 1 N–H and O–H groups in total. The van der Waals surface area contributed by atoms with Crippen LogP contribution in [0.1, 0.15) is 40.9 Å². The minimum Gasteiger partial charge on any atom is -0.342 e. The molecule has 1 saturated heterocycles. The van der Waals surface area contributed by atoms with E-state index in [2.05, 4.69) is 27.2 Å². The highest BCUT2D eigenvalue weighted by Gasteiger charge is 2.37. The second-order valence-corrected chi connectivity index (χ2v) is 9.27. The molecule has 1 aliphatic carbocycles. The molecule has 0 radical (unpaired) electrons. The number of halogens is 2. The van der Waals surface area contributed by atoms with E-state index in [0.29, 0.717) is 25.2 Å². The highest BCUT2D eigenvalue weighted by atomic mass is 35.5. The van der Waals surface area contributed by atoms with E-state index in [1.54, 1.807) is 0 Å². The molecule has 1 unspecified atom stereocenters. The molecule has 0 spiro atoms. The molecule has 7 nitrogen and oxygen atoms in total. The fourth-order valence-corrected chi connectivity index (χ4v) is 4.40. The van der Waals surface area contributed by atoms with Gasteiger partial charge in [0.05, 0.1) is 11.2 Å². The number of likely N-dealkylation sites (tertiary alicyclic amines) is 1. The summed E-state index contributed by atoms with van der Waals surface area (Å²) in [6, 6.07) is 10.6. The third-order valence-corrected chi connectivity index (χ3v) is 6.44. The van der Waals surface area contributed by atoms with E-state index >= 15 is 0 Å². The lowest BCUT2D eigenvalue weighted by molar-refractivity contribution is -0.131. The van der Waals surface area contributed by atoms with Crippen LogP contribution in [-0.2, 0) is 11.3 Å². The van der Waals surface area contributed by atoms with Crippen LogP contribution in [0.15, 0.2) is 48.8 Å². The Hall–Kier alpha value is -3.70. The van der Waals surface area contributed by atoms with E-state index in [1.807, 2.05) is 35.2 Å². The number of amides is 2. The van der Waals surface area contributed by atoms with Crippen LogP contribution in [-0.4, -0.2) is 44.6 Å². The summed E-state index contributed by atoms with van der Waals surface area (Å²) < 4.78 is 16.2. The summed E-state index contributed by atoms with van der Waals surface area (Å²) in [7, 11) is 0. The van der Waals surface area contributed by atoms with Gasteiger partial charge in [-0.15, -0.1) is 0 Å². The number of aromatic nitrogens is 3. The number of carbonyl (C=O) groups is 2. The maximum atomic E-state index is 14.7. The topological polar surface area (TPSA) is 80.1 Å². The first-order chi connectivity index (χ1) is 17.0. The number of carbonyl (C=O) groups excluding carboxylic acids is 2. The van der Waals surface area contributed by atoms with Crippen molar-refractivity contribution in [2.24, 2.45) is 11.8 Å². The lowest BCUT2D eigenvalue weighted by atomic mass is 10.1. The minimum absolute atomic E-state index is 0.132. The van der Waals surface area contributed by atoms with Gasteiger partial charge >= 0.3 is 0 Å². The van der Waals surface area contributed by atoms with Crippen molar-refractivity contribution in [3.8, 4) is 11.8 Å². The smallest absolute Gasteiger partial charge is 0.276 e. The van der Waals surface area contributed by atoms with Crippen LogP contribution in [0.25, 0.3) is 0 Å². The van der Waals surface area contributed by atoms with Gasteiger partial charge in [0.1, 0.15) is 5.69 Å². The monoisotopic (exact) mass is 491 g/mol. The van der Waals surface area contributed by atoms with Crippen LogP contribution < -0.4 is 5.32 Å². The van der Waals surface area contributed by atoms with Gasteiger partial charge < -0.3 is 10.2 Å². The van der Waals surface area contributed by atoms with Crippen LogP contribution in [0, 0.1) is 29.5 Å². The van der Waals surface area contributed by atoms with Crippen LogP contribution in [0.3, 0.4) is 0 Å². The Morgan fingerprint density at radius 3 is 2.63 bits per heavy atom. The quantitative estimate of drug-likeness (QED) is 0.547. The first-order valence-corrected chi connectivity index (χ1v) is 11.9. The number of nitrogens with one attached hydrogen (secondary N) is 1. The Labute approximate surface area is 207 Å². The number of benzene rings is 1. The SMILES string of the molecule is O=C(Nc1ncc(C#Cc2ccccc2)cc1F)c1c(Cl)cnn1CC1CCN(C(=O)C2CC2)C1. The molecule has 5 rings (SSSR count). The summed E-state index contributed by atoms with van der Waals surface area (Å²) in [5.41, 5.74) is 1.32. The molecule has 1 aromatic carbocycles. The van der Waals surface area contributed by atoms with Gasteiger partial charge in [0.15, 0.2) is 11.6 Å². The normalized spacial score (nSPS) is 17.1. The molecule has 1 aliphatic heterocycles. The largest absolute Gasteiger partial charge is 0.342 e. The minimum atomic E-state index is -0.703. The van der Waals surface area contributed by atoms with Crippen LogP contribution >= 0.6 is 11.6 Å². The van der Waals surface area contributed by atoms with E-state index in [4.69, 9.17) is 11.6 Å². The zero-order valence-electron chi connectivity index (χ0n) is 18.9. The molecular formula is C26H23ClFN5O2. The first-order valence-electron chi connectivity index (χ1n) is 11.5. The summed E-state index contributed by atoms with van der Waals surface area (Å²) in [5.74, 6) is 4.86. The van der Waals surface area contributed by atoms with E-state index in [9.17, 15) is 14.0 Å². The second kappa shape index (κ2) is 9.88.